The molecule has 1 aromatic rings. The highest BCUT2D eigenvalue weighted by Gasteiger charge is 2.04. The van der Waals surface area contributed by atoms with E-state index in [0.717, 1.165) is 11.3 Å². The van der Waals surface area contributed by atoms with E-state index in [4.69, 9.17) is 5.11 Å². The first kappa shape index (κ1) is 13.1. The Labute approximate surface area is 101 Å². The Bertz CT molecular complexity index is 353. The molecule has 1 unspecified atom stereocenters. The molecule has 4 heteroatoms. The molecule has 0 aliphatic rings. The van der Waals surface area contributed by atoms with Crippen molar-refractivity contribution in [1.29, 1.82) is 0 Å². The summed E-state index contributed by atoms with van der Waals surface area (Å²) >= 11 is 4.17. The molecule has 0 aromatic heterocycles. The summed E-state index contributed by atoms with van der Waals surface area (Å²) in [6.45, 7) is 2.33. The number of thiol groups is 1. The highest BCUT2D eigenvalue weighted by Crippen LogP contribution is 2.08. The molecule has 3 nitrogen and oxygen atoms in total. The molecule has 0 aliphatic heterocycles. The number of hydrogen-bond donors (Lipinski definition) is 3. The molecule has 0 saturated heterocycles. The van der Waals surface area contributed by atoms with Crippen molar-refractivity contribution in [1.82, 2.24) is 5.32 Å². The molecule has 1 aromatic carbocycles. The second-order valence-corrected chi connectivity index (χ2v) is 4.31. The third kappa shape index (κ3) is 4.68. The van der Waals surface area contributed by atoms with E-state index in [-0.39, 0.29) is 12.0 Å². The maximum atomic E-state index is 11.6. The first-order valence-corrected chi connectivity index (χ1v) is 5.79. The van der Waals surface area contributed by atoms with Crippen LogP contribution in [0.15, 0.2) is 29.2 Å². The second kappa shape index (κ2) is 6.55. The summed E-state index contributed by atoms with van der Waals surface area (Å²) in [5.41, 5.74) is 0.615. The Morgan fingerprint density at radius 2 is 2.31 bits per heavy atom. The fourth-order valence-electron chi connectivity index (χ4n) is 1.35. The lowest BCUT2D eigenvalue weighted by atomic mass is 10.2. The minimum Gasteiger partial charge on any atom is -0.393 e. The zero-order valence-corrected chi connectivity index (χ0v) is 10.2. The number of amides is 1. The summed E-state index contributed by atoms with van der Waals surface area (Å²) in [5.74, 6) is -0.0958. The van der Waals surface area contributed by atoms with Gasteiger partial charge in [0.25, 0.3) is 5.91 Å². The van der Waals surface area contributed by atoms with Gasteiger partial charge in [-0.25, -0.2) is 0 Å². The number of carbonyl (C=O) groups excluding carboxylic acids is 1. The molecule has 1 atom stereocenters. The smallest absolute Gasteiger partial charge is 0.251 e. The highest BCUT2D eigenvalue weighted by atomic mass is 32.1. The van der Waals surface area contributed by atoms with Crippen LogP contribution in [-0.2, 0) is 0 Å². The summed E-state index contributed by atoms with van der Waals surface area (Å²) < 4.78 is 0. The summed E-state index contributed by atoms with van der Waals surface area (Å²) in [7, 11) is 0. The van der Waals surface area contributed by atoms with Crippen LogP contribution in [0, 0.1) is 0 Å². The number of nitrogens with one attached hydrogen (secondary N) is 1. The summed E-state index contributed by atoms with van der Waals surface area (Å²) in [6, 6.07) is 7.11. The van der Waals surface area contributed by atoms with E-state index in [1.165, 1.54) is 0 Å². The molecule has 16 heavy (non-hydrogen) atoms. The predicted molar refractivity (Wildman–Crippen MR) is 66.9 cm³/mol. The number of rotatable bonds is 5. The van der Waals surface area contributed by atoms with Crippen LogP contribution in [0.5, 0.6) is 0 Å². The molecule has 88 valence electrons. The molecular weight excluding hydrogens is 222 g/mol. The van der Waals surface area contributed by atoms with E-state index in [1.807, 2.05) is 6.07 Å². The van der Waals surface area contributed by atoms with Crippen molar-refractivity contribution in [3.05, 3.63) is 29.8 Å². The molecule has 0 aliphatic carbocycles. The van der Waals surface area contributed by atoms with Gasteiger partial charge >= 0.3 is 0 Å². The van der Waals surface area contributed by atoms with Crippen LogP contribution >= 0.6 is 12.6 Å². The van der Waals surface area contributed by atoms with Gasteiger partial charge < -0.3 is 10.4 Å². The van der Waals surface area contributed by atoms with E-state index < -0.39 is 0 Å². The Hall–Kier alpha value is -1.00. The van der Waals surface area contributed by atoms with Gasteiger partial charge in [-0.3, -0.25) is 4.79 Å². The van der Waals surface area contributed by atoms with Crippen molar-refractivity contribution < 1.29 is 9.90 Å². The quantitative estimate of drug-likeness (QED) is 0.542. The number of carbonyl (C=O) groups is 1. The molecule has 0 spiro atoms. The van der Waals surface area contributed by atoms with Crippen molar-refractivity contribution in [2.75, 3.05) is 6.54 Å². The van der Waals surface area contributed by atoms with Crippen molar-refractivity contribution in [2.24, 2.45) is 0 Å². The van der Waals surface area contributed by atoms with Gasteiger partial charge in [0, 0.05) is 17.0 Å². The molecule has 1 rings (SSSR count). The average Bonchev–Trinajstić information content (AvgIpc) is 2.24. The van der Waals surface area contributed by atoms with Gasteiger partial charge in [-0.2, -0.15) is 0 Å². The zero-order chi connectivity index (χ0) is 12.0. The van der Waals surface area contributed by atoms with Crippen LogP contribution in [-0.4, -0.2) is 23.7 Å². The maximum Gasteiger partial charge on any atom is 0.251 e. The van der Waals surface area contributed by atoms with Gasteiger partial charge in [0.2, 0.25) is 0 Å². The Morgan fingerprint density at radius 1 is 1.56 bits per heavy atom. The SMILES string of the molecule is CC(O)CCCNC(=O)c1cccc(S)c1. The largest absolute Gasteiger partial charge is 0.393 e. The molecule has 1 amide bonds. The van der Waals surface area contributed by atoms with Crippen molar-refractivity contribution in [2.45, 2.75) is 30.8 Å². The fraction of sp³-hybridized carbons (Fsp3) is 0.417. The van der Waals surface area contributed by atoms with Crippen molar-refractivity contribution in [3.63, 3.8) is 0 Å². The molecule has 2 N–H and O–H groups in total. The lowest BCUT2D eigenvalue weighted by molar-refractivity contribution is 0.0949. The third-order valence-electron chi connectivity index (χ3n) is 2.19. The monoisotopic (exact) mass is 239 g/mol. The average molecular weight is 239 g/mol. The Kier molecular flexibility index (Phi) is 5.35. The molecule has 0 saturated carbocycles. The maximum absolute atomic E-state index is 11.6. The lowest BCUT2D eigenvalue weighted by Gasteiger charge is -2.06. The predicted octanol–water partition coefficient (Wildman–Crippen LogP) is 1.87. The van der Waals surface area contributed by atoms with Crippen LogP contribution in [0.25, 0.3) is 0 Å². The van der Waals surface area contributed by atoms with E-state index in [2.05, 4.69) is 17.9 Å². The van der Waals surface area contributed by atoms with Crippen LogP contribution in [0.4, 0.5) is 0 Å². The summed E-state index contributed by atoms with van der Waals surface area (Å²) in [5, 5.41) is 11.8. The molecule has 0 fully saturated rings. The number of aliphatic hydroxyl groups excluding tert-OH is 1. The first-order valence-electron chi connectivity index (χ1n) is 5.35. The van der Waals surface area contributed by atoms with Crippen LogP contribution in [0.3, 0.4) is 0 Å². The normalized spacial score (nSPS) is 12.2. The Morgan fingerprint density at radius 3 is 2.94 bits per heavy atom. The number of aliphatic hydroxyl groups is 1. The van der Waals surface area contributed by atoms with Gasteiger partial charge in [0.05, 0.1) is 6.10 Å². The molecule has 0 bridgehead atoms. The van der Waals surface area contributed by atoms with E-state index in [0.29, 0.717) is 18.5 Å². The van der Waals surface area contributed by atoms with E-state index in [1.54, 1.807) is 25.1 Å². The van der Waals surface area contributed by atoms with Gasteiger partial charge in [-0.15, -0.1) is 12.6 Å². The highest BCUT2D eigenvalue weighted by molar-refractivity contribution is 7.80. The number of benzene rings is 1. The lowest BCUT2D eigenvalue weighted by Crippen LogP contribution is -2.25. The summed E-state index contributed by atoms with van der Waals surface area (Å²) in [4.78, 5) is 12.4. The van der Waals surface area contributed by atoms with Gasteiger partial charge in [-0.05, 0) is 38.0 Å². The Balaban J connectivity index is 2.35. The fourth-order valence-corrected chi connectivity index (χ4v) is 1.57. The van der Waals surface area contributed by atoms with Crippen molar-refractivity contribution >= 4 is 18.5 Å². The third-order valence-corrected chi connectivity index (χ3v) is 2.47. The van der Waals surface area contributed by atoms with Crippen LogP contribution in [0.2, 0.25) is 0 Å². The van der Waals surface area contributed by atoms with Gasteiger partial charge in [0.15, 0.2) is 0 Å². The van der Waals surface area contributed by atoms with Crippen molar-refractivity contribution in [3.8, 4) is 0 Å². The topological polar surface area (TPSA) is 49.3 Å². The molecular formula is C12H17NO2S. The number of hydrogen-bond acceptors (Lipinski definition) is 3. The van der Waals surface area contributed by atoms with E-state index in [9.17, 15) is 4.79 Å². The summed E-state index contributed by atoms with van der Waals surface area (Å²) in [6.07, 6.45) is 1.18. The molecule has 0 heterocycles. The minimum absolute atomic E-state index is 0.0958. The molecule has 0 radical (unpaired) electrons. The van der Waals surface area contributed by atoms with Gasteiger partial charge in [-0.1, -0.05) is 6.07 Å². The second-order valence-electron chi connectivity index (χ2n) is 3.80. The van der Waals surface area contributed by atoms with Gasteiger partial charge in [0.1, 0.15) is 0 Å². The zero-order valence-electron chi connectivity index (χ0n) is 9.31. The standard InChI is InChI=1S/C12H17NO2S/c1-9(14)4-3-7-13-12(15)10-5-2-6-11(16)8-10/h2,5-6,8-9,14,16H,3-4,7H2,1H3,(H,13,15). The first-order chi connectivity index (χ1) is 7.59. The van der Waals surface area contributed by atoms with E-state index >= 15 is 0 Å². The van der Waals surface area contributed by atoms with Crippen LogP contribution in [0.1, 0.15) is 30.1 Å². The minimum atomic E-state index is -0.308. The van der Waals surface area contributed by atoms with Crippen LogP contribution < -0.4 is 5.32 Å².